The van der Waals surface area contributed by atoms with Crippen LogP contribution in [0.1, 0.15) is 11.1 Å². The molecule has 76 valence electrons. The van der Waals surface area contributed by atoms with Gasteiger partial charge in [-0.2, -0.15) is 0 Å². The summed E-state index contributed by atoms with van der Waals surface area (Å²) < 4.78 is 5.27. The zero-order chi connectivity index (χ0) is 10.7. The summed E-state index contributed by atoms with van der Waals surface area (Å²) in [7, 11) is 0. The van der Waals surface area contributed by atoms with Crippen LogP contribution in [0.25, 0.3) is 0 Å². The molecule has 0 saturated carbocycles. The summed E-state index contributed by atoms with van der Waals surface area (Å²) in [5.74, 6) is 0.468. The van der Waals surface area contributed by atoms with Gasteiger partial charge in [-0.25, -0.2) is 0 Å². The Morgan fingerprint density at radius 3 is 2.64 bits per heavy atom. The second-order valence-electron chi connectivity index (χ2n) is 3.12. The van der Waals surface area contributed by atoms with Crippen molar-refractivity contribution in [3.05, 3.63) is 29.8 Å². The monoisotopic (exact) mass is 194 g/mol. The van der Waals surface area contributed by atoms with Crippen molar-refractivity contribution >= 4 is 0 Å². The third-order valence-electron chi connectivity index (χ3n) is 2.01. The Hall–Kier alpha value is -1.64. The highest BCUT2D eigenvalue weighted by Gasteiger charge is 2.12. The van der Waals surface area contributed by atoms with Crippen LogP contribution in [-0.2, 0) is 0 Å². The van der Waals surface area contributed by atoms with E-state index in [0.29, 0.717) is 23.5 Å². The van der Waals surface area contributed by atoms with Crippen molar-refractivity contribution in [3.63, 3.8) is 0 Å². The first kappa shape index (κ1) is 10.4. The number of rotatable bonds is 3. The van der Waals surface area contributed by atoms with Crippen molar-refractivity contribution in [2.75, 3.05) is 6.61 Å². The van der Waals surface area contributed by atoms with Crippen molar-refractivity contribution in [2.24, 2.45) is 0 Å². The zero-order valence-corrected chi connectivity index (χ0v) is 8.37. The van der Waals surface area contributed by atoms with Gasteiger partial charge in [-0.1, -0.05) is 12.7 Å². The molecule has 0 spiro atoms. The maximum absolute atomic E-state index is 9.67. The van der Waals surface area contributed by atoms with E-state index in [1.54, 1.807) is 26.0 Å². The van der Waals surface area contributed by atoms with Crippen LogP contribution in [0, 0.1) is 13.8 Å². The quantitative estimate of drug-likeness (QED) is 0.726. The van der Waals surface area contributed by atoms with Gasteiger partial charge >= 0.3 is 0 Å². The molecular formula is C11H14O3. The average Bonchev–Trinajstić information content (AvgIpc) is 2.14. The van der Waals surface area contributed by atoms with Crippen LogP contribution in [0.3, 0.4) is 0 Å². The maximum atomic E-state index is 9.67. The first-order chi connectivity index (χ1) is 6.57. The molecule has 14 heavy (non-hydrogen) atoms. The van der Waals surface area contributed by atoms with E-state index in [1.807, 2.05) is 0 Å². The SMILES string of the molecule is C=CCOc1c(C)cc(O)c(C)c1O. The Morgan fingerprint density at radius 2 is 2.07 bits per heavy atom. The van der Waals surface area contributed by atoms with E-state index >= 15 is 0 Å². The predicted molar refractivity (Wildman–Crippen MR) is 54.9 cm³/mol. The fourth-order valence-corrected chi connectivity index (χ4v) is 1.18. The zero-order valence-electron chi connectivity index (χ0n) is 8.37. The normalized spacial score (nSPS) is 9.86. The van der Waals surface area contributed by atoms with Crippen LogP contribution < -0.4 is 4.74 Å². The van der Waals surface area contributed by atoms with Crippen LogP contribution in [0.15, 0.2) is 18.7 Å². The Bertz CT molecular complexity index is 356. The summed E-state index contributed by atoms with van der Waals surface area (Å²) in [6.45, 7) is 7.24. The number of phenolic OH excluding ortho intramolecular Hbond substituents is 2. The fraction of sp³-hybridized carbons (Fsp3) is 0.273. The molecule has 0 saturated heterocycles. The van der Waals surface area contributed by atoms with Crippen LogP contribution in [0.2, 0.25) is 0 Å². The standard InChI is InChI=1S/C11H14O3/c1-4-5-14-11-7(2)6-9(12)8(3)10(11)13/h4,6,12-13H,1,5H2,2-3H3. The van der Waals surface area contributed by atoms with Gasteiger partial charge in [0, 0.05) is 5.56 Å². The van der Waals surface area contributed by atoms with Crippen LogP contribution in [0.4, 0.5) is 0 Å². The number of hydrogen-bond acceptors (Lipinski definition) is 3. The Labute approximate surface area is 83.3 Å². The smallest absolute Gasteiger partial charge is 0.164 e. The lowest BCUT2D eigenvalue weighted by molar-refractivity contribution is 0.330. The summed E-state index contributed by atoms with van der Waals surface area (Å²) in [5, 5.41) is 19.1. The lowest BCUT2D eigenvalue weighted by Crippen LogP contribution is -1.96. The first-order valence-corrected chi connectivity index (χ1v) is 4.33. The Balaban J connectivity index is 3.15. The molecule has 0 unspecified atom stereocenters. The van der Waals surface area contributed by atoms with Gasteiger partial charge in [0.05, 0.1) is 0 Å². The largest absolute Gasteiger partial charge is 0.508 e. The van der Waals surface area contributed by atoms with E-state index in [1.165, 1.54) is 0 Å². The molecule has 0 radical (unpaired) electrons. The molecule has 1 aromatic rings. The van der Waals surface area contributed by atoms with Crippen LogP contribution >= 0.6 is 0 Å². The summed E-state index contributed by atoms with van der Waals surface area (Å²) in [6, 6.07) is 1.56. The molecule has 0 aliphatic carbocycles. The number of benzene rings is 1. The second-order valence-corrected chi connectivity index (χ2v) is 3.12. The van der Waals surface area contributed by atoms with Crippen molar-refractivity contribution < 1.29 is 14.9 Å². The van der Waals surface area contributed by atoms with Crippen molar-refractivity contribution in [1.82, 2.24) is 0 Å². The van der Waals surface area contributed by atoms with Gasteiger partial charge in [0.15, 0.2) is 11.5 Å². The molecule has 3 heteroatoms. The molecule has 0 bridgehead atoms. The van der Waals surface area contributed by atoms with Crippen LogP contribution in [0.5, 0.6) is 17.2 Å². The molecule has 0 aliphatic rings. The minimum absolute atomic E-state index is 0.00986. The highest BCUT2D eigenvalue weighted by Crippen LogP contribution is 2.38. The number of aryl methyl sites for hydroxylation is 1. The van der Waals surface area contributed by atoms with Crippen molar-refractivity contribution in [2.45, 2.75) is 13.8 Å². The average molecular weight is 194 g/mol. The number of aromatic hydroxyl groups is 2. The molecule has 0 fully saturated rings. The number of phenols is 2. The highest BCUT2D eigenvalue weighted by atomic mass is 16.5. The van der Waals surface area contributed by atoms with Gasteiger partial charge in [0.2, 0.25) is 0 Å². The lowest BCUT2D eigenvalue weighted by atomic mass is 10.1. The summed E-state index contributed by atoms with van der Waals surface area (Å²) in [4.78, 5) is 0. The van der Waals surface area contributed by atoms with Gasteiger partial charge < -0.3 is 14.9 Å². The third kappa shape index (κ3) is 1.82. The molecule has 0 heterocycles. The highest BCUT2D eigenvalue weighted by molar-refractivity contribution is 5.56. The first-order valence-electron chi connectivity index (χ1n) is 4.33. The maximum Gasteiger partial charge on any atom is 0.164 e. The predicted octanol–water partition coefficient (Wildman–Crippen LogP) is 2.28. The lowest BCUT2D eigenvalue weighted by Gasteiger charge is -2.12. The second kappa shape index (κ2) is 4.05. The molecule has 0 atom stereocenters. The van der Waals surface area contributed by atoms with Gasteiger partial charge in [-0.05, 0) is 25.5 Å². The van der Waals surface area contributed by atoms with E-state index in [0.717, 1.165) is 0 Å². The van der Waals surface area contributed by atoms with Gasteiger partial charge in [0.1, 0.15) is 12.4 Å². The van der Waals surface area contributed by atoms with E-state index in [-0.39, 0.29) is 11.5 Å². The summed E-state index contributed by atoms with van der Waals surface area (Å²) >= 11 is 0. The minimum atomic E-state index is -0.00986. The number of ether oxygens (including phenoxy) is 1. The molecule has 1 aromatic carbocycles. The minimum Gasteiger partial charge on any atom is -0.508 e. The van der Waals surface area contributed by atoms with Crippen molar-refractivity contribution in [1.29, 1.82) is 0 Å². The van der Waals surface area contributed by atoms with E-state index in [4.69, 9.17) is 4.74 Å². The van der Waals surface area contributed by atoms with E-state index in [9.17, 15) is 10.2 Å². The van der Waals surface area contributed by atoms with Gasteiger partial charge in [-0.3, -0.25) is 0 Å². The Kier molecular flexibility index (Phi) is 3.02. The Morgan fingerprint density at radius 1 is 1.43 bits per heavy atom. The van der Waals surface area contributed by atoms with Gasteiger partial charge in [-0.15, -0.1) is 0 Å². The van der Waals surface area contributed by atoms with Crippen LogP contribution in [-0.4, -0.2) is 16.8 Å². The fourth-order valence-electron chi connectivity index (χ4n) is 1.18. The molecular weight excluding hydrogens is 180 g/mol. The summed E-state index contributed by atoms with van der Waals surface area (Å²) in [6.07, 6.45) is 1.60. The topological polar surface area (TPSA) is 49.7 Å². The van der Waals surface area contributed by atoms with E-state index in [2.05, 4.69) is 6.58 Å². The molecule has 0 amide bonds. The summed E-state index contributed by atoms with van der Waals surface area (Å²) in [5.41, 5.74) is 1.13. The van der Waals surface area contributed by atoms with Gasteiger partial charge in [0.25, 0.3) is 0 Å². The van der Waals surface area contributed by atoms with Crippen molar-refractivity contribution in [3.8, 4) is 17.2 Å². The molecule has 2 N–H and O–H groups in total. The number of hydrogen-bond donors (Lipinski definition) is 2. The van der Waals surface area contributed by atoms with E-state index < -0.39 is 0 Å². The molecule has 0 aromatic heterocycles. The third-order valence-corrected chi connectivity index (χ3v) is 2.01. The molecule has 3 nitrogen and oxygen atoms in total. The molecule has 0 aliphatic heterocycles. The molecule has 1 rings (SSSR count).